The Balaban J connectivity index is 1.57. The Hall–Kier alpha value is -3.10. The third kappa shape index (κ3) is 6.45. The molecule has 0 bridgehead atoms. The van der Waals surface area contributed by atoms with Crippen LogP contribution in [0.1, 0.15) is 34.7 Å². The summed E-state index contributed by atoms with van der Waals surface area (Å²) in [6.07, 6.45) is 1.72. The minimum absolute atomic E-state index is 0.0889. The molecule has 166 valence electrons. The Morgan fingerprint density at radius 3 is 2.56 bits per heavy atom. The van der Waals surface area contributed by atoms with Crippen LogP contribution < -0.4 is 10.6 Å². The van der Waals surface area contributed by atoms with Crippen LogP contribution in [0.5, 0.6) is 0 Å². The Morgan fingerprint density at radius 2 is 1.88 bits per heavy atom. The predicted molar refractivity (Wildman–Crippen MR) is 127 cm³/mol. The molecule has 0 radical (unpaired) electrons. The number of thioether (sulfide) groups is 1. The lowest BCUT2D eigenvalue weighted by atomic mass is 10.1. The van der Waals surface area contributed by atoms with Crippen LogP contribution in [0.3, 0.4) is 0 Å². The first-order valence-electron chi connectivity index (χ1n) is 10.0. The number of carbonyl (C=O) groups is 2. The highest BCUT2D eigenvalue weighted by atomic mass is 35.5. The Bertz CT molecular complexity index is 1070. The monoisotopic (exact) mass is 469 g/mol. The summed E-state index contributed by atoms with van der Waals surface area (Å²) in [5.74, 6) is 0.437. The van der Waals surface area contributed by atoms with Gasteiger partial charge in [0.15, 0.2) is 11.0 Å². The van der Waals surface area contributed by atoms with Gasteiger partial charge in [-0.1, -0.05) is 59.8 Å². The van der Waals surface area contributed by atoms with E-state index in [0.29, 0.717) is 28.1 Å². The van der Waals surface area contributed by atoms with Gasteiger partial charge in [-0.3, -0.25) is 9.59 Å². The van der Waals surface area contributed by atoms with Crippen LogP contribution in [0.4, 0.5) is 0 Å². The maximum absolute atomic E-state index is 12.4. The number of aromatic nitrogens is 3. The van der Waals surface area contributed by atoms with Crippen molar-refractivity contribution in [1.82, 2.24) is 25.4 Å². The molecule has 0 saturated heterocycles. The maximum atomic E-state index is 12.4. The van der Waals surface area contributed by atoms with E-state index in [-0.39, 0.29) is 30.2 Å². The lowest BCUT2D eigenvalue weighted by molar-refractivity contribution is -0.119. The number of hydrogen-bond donors (Lipinski definition) is 2. The summed E-state index contributed by atoms with van der Waals surface area (Å²) in [7, 11) is 0. The summed E-state index contributed by atoms with van der Waals surface area (Å²) in [5.41, 5.74) is 1.54. The summed E-state index contributed by atoms with van der Waals surface area (Å²) >= 11 is 7.15. The van der Waals surface area contributed by atoms with Crippen molar-refractivity contribution in [2.45, 2.75) is 31.2 Å². The van der Waals surface area contributed by atoms with Gasteiger partial charge in [-0.15, -0.1) is 16.8 Å². The summed E-state index contributed by atoms with van der Waals surface area (Å²) in [5, 5.41) is 15.3. The van der Waals surface area contributed by atoms with Crippen molar-refractivity contribution in [2.75, 3.05) is 5.75 Å². The largest absolute Gasteiger partial charge is 0.349 e. The first-order valence-corrected chi connectivity index (χ1v) is 11.4. The molecule has 3 aromatic rings. The van der Waals surface area contributed by atoms with Gasteiger partial charge in [0.1, 0.15) is 0 Å². The number of amides is 2. The molecule has 2 amide bonds. The van der Waals surface area contributed by atoms with Crippen molar-refractivity contribution in [3.63, 3.8) is 0 Å². The van der Waals surface area contributed by atoms with E-state index in [9.17, 15) is 9.59 Å². The zero-order chi connectivity index (χ0) is 22.9. The quantitative estimate of drug-likeness (QED) is 0.346. The molecule has 3 rings (SSSR count). The van der Waals surface area contributed by atoms with Crippen LogP contribution in [0.2, 0.25) is 5.02 Å². The van der Waals surface area contributed by atoms with Crippen molar-refractivity contribution in [2.24, 2.45) is 0 Å². The van der Waals surface area contributed by atoms with Crippen molar-refractivity contribution < 1.29 is 9.59 Å². The van der Waals surface area contributed by atoms with Gasteiger partial charge in [0, 0.05) is 17.1 Å². The number of hydrogen-bond acceptors (Lipinski definition) is 5. The standard InChI is InChI=1S/C23H24ClN5O2S/c1-3-13-29-20(14-25-22(31)18-9-11-19(24)12-10-18)27-28-23(29)32-15-21(30)26-16(2)17-7-5-4-6-8-17/h3-12,16H,1,13-15H2,2H3,(H,25,31)(H,26,30)/t16-/m1/s1. The lowest BCUT2D eigenvalue weighted by Gasteiger charge is -2.14. The number of benzene rings is 2. The van der Waals surface area contributed by atoms with Gasteiger partial charge >= 0.3 is 0 Å². The number of halogens is 1. The molecule has 0 fully saturated rings. The van der Waals surface area contributed by atoms with E-state index in [1.165, 1.54) is 11.8 Å². The van der Waals surface area contributed by atoms with Gasteiger partial charge in [-0.05, 0) is 36.8 Å². The molecule has 0 aliphatic rings. The molecule has 32 heavy (non-hydrogen) atoms. The van der Waals surface area contributed by atoms with Gasteiger partial charge in [0.2, 0.25) is 5.91 Å². The van der Waals surface area contributed by atoms with Crippen molar-refractivity contribution in [3.05, 3.63) is 89.2 Å². The zero-order valence-electron chi connectivity index (χ0n) is 17.6. The third-order valence-corrected chi connectivity index (χ3v) is 5.85. The van der Waals surface area contributed by atoms with Crippen LogP contribution in [-0.2, 0) is 17.9 Å². The summed E-state index contributed by atoms with van der Waals surface area (Å²) in [6.45, 7) is 6.37. The third-order valence-electron chi connectivity index (χ3n) is 4.63. The smallest absolute Gasteiger partial charge is 0.251 e. The van der Waals surface area contributed by atoms with E-state index in [1.807, 2.05) is 41.8 Å². The van der Waals surface area contributed by atoms with E-state index in [2.05, 4.69) is 27.4 Å². The molecular weight excluding hydrogens is 446 g/mol. The van der Waals surface area contributed by atoms with Crippen molar-refractivity contribution in [3.8, 4) is 0 Å². The molecule has 2 aromatic carbocycles. The van der Waals surface area contributed by atoms with E-state index < -0.39 is 0 Å². The van der Waals surface area contributed by atoms with E-state index in [0.717, 1.165) is 5.56 Å². The highest BCUT2D eigenvalue weighted by Crippen LogP contribution is 2.18. The molecular formula is C23H24ClN5O2S. The van der Waals surface area contributed by atoms with Crippen LogP contribution in [-0.4, -0.2) is 32.3 Å². The van der Waals surface area contributed by atoms with Gasteiger partial charge in [-0.25, -0.2) is 0 Å². The summed E-state index contributed by atoms with van der Waals surface area (Å²) in [6, 6.07) is 16.3. The lowest BCUT2D eigenvalue weighted by Crippen LogP contribution is -2.28. The average Bonchev–Trinajstić information content (AvgIpc) is 3.19. The molecule has 7 nitrogen and oxygen atoms in total. The van der Waals surface area contributed by atoms with Crippen LogP contribution in [0.25, 0.3) is 0 Å². The number of allylic oxidation sites excluding steroid dienone is 1. The minimum atomic E-state index is -0.238. The maximum Gasteiger partial charge on any atom is 0.251 e. The molecule has 0 aliphatic carbocycles. The van der Waals surface area contributed by atoms with Crippen molar-refractivity contribution in [1.29, 1.82) is 0 Å². The molecule has 9 heteroatoms. The fourth-order valence-electron chi connectivity index (χ4n) is 2.97. The molecule has 2 N–H and O–H groups in total. The van der Waals surface area contributed by atoms with Crippen LogP contribution in [0, 0.1) is 0 Å². The SMILES string of the molecule is C=CCn1c(CNC(=O)c2ccc(Cl)cc2)nnc1SCC(=O)N[C@H](C)c1ccccc1. The first-order chi connectivity index (χ1) is 15.5. The van der Waals surface area contributed by atoms with Gasteiger partial charge in [-0.2, -0.15) is 0 Å². The molecule has 1 atom stereocenters. The summed E-state index contributed by atoms with van der Waals surface area (Å²) < 4.78 is 1.83. The molecule has 0 saturated carbocycles. The van der Waals surface area contributed by atoms with Crippen LogP contribution in [0.15, 0.2) is 72.4 Å². The van der Waals surface area contributed by atoms with Crippen molar-refractivity contribution >= 4 is 35.2 Å². The number of nitrogens with one attached hydrogen (secondary N) is 2. The van der Waals surface area contributed by atoms with Gasteiger partial charge in [0.05, 0.1) is 18.3 Å². The van der Waals surface area contributed by atoms with Gasteiger partial charge in [0.25, 0.3) is 5.91 Å². The second-order valence-electron chi connectivity index (χ2n) is 6.98. The van der Waals surface area contributed by atoms with Crippen LogP contribution >= 0.6 is 23.4 Å². The fraction of sp³-hybridized carbons (Fsp3) is 0.217. The predicted octanol–water partition coefficient (Wildman–Crippen LogP) is 4.02. The number of rotatable bonds is 10. The number of carbonyl (C=O) groups excluding carboxylic acids is 2. The molecule has 1 aromatic heterocycles. The topological polar surface area (TPSA) is 88.9 Å². The molecule has 0 spiro atoms. The summed E-state index contributed by atoms with van der Waals surface area (Å²) in [4.78, 5) is 24.7. The molecule has 0 unspecified atom stereocenters. The second-order valence-corrected chi connectivity index (χ2v) is 8.36. The highest BCUT2D eigenvalue weighted by molar-refractivity contribution is 7.99. The minimum Gasteiger partial charge on any atom is -0.349 e. The van der Waals surface area contributed by atoms with E-state index >= 15 is 0 Å². The fourth-order valence-corrected chi connectivity index (χ4v) is 3.87. The Kier molecular flexibility index (Phi) is 8.47. The van der Waals surface area contributed by atoms with E-state index in [1.54, 1.807) is 30.3 Å². The normalized spacial score (nSPS) is 11.6. The van der Waals surface area contributed by atoms with E-state index in [4.69, 9.17) is 11.6 Å². The highest BCUT2D eigenvalue weighted by Gasteiger charge is 2.16. The Labute approximate surface area is 196 Å². The zero-order valence-corrected chi connectivity index (χ0v) is 19.2. The average molecular weight is 470 g/mol. The second kappa shape index (κ2) is 11.5. The molecule has 1 heterocycles. The molecule has 0 aliphatic heterocycles. The first kappa shape index (κ1) is 23.6. The number of nitrogens with zero attached hydrogens (tertiary/aromatic N) is 3. The Morgan fingerprint density at radius 1 is 1.16 bits per heavy atom. The van der Waals surface area contributed by atoms with Gasteiger partial charge < -0.3 is 15.2 Å².